The first-order valence-corrected chi connectivity index (χ1v) is 7.39. The molecule has 0 spiro atoms. The van der Waals surface area contributed by atoms with Crippen LogP contribution in [-0.4, -0.2) is 23.6 Å². The maximum Gasteiger partial charge on any atom is 0.310 e. The van der Waals surface area contributed by atoms with Crippen molar-refractivity contribution in [2.45, 2.75) is 19.8 Å². The van der Waals surface area contributed by atoms with Gasteiger partial charge in [-0.15, -0.1) is 0 Å². The van der Waals surface area contributed by atoms with Crippen LogP contribution >= 0.6 is 0 Å². The number of hydrogen-bond donors (Lipinski definition) is 2. The van der Waals surface area contributed by atoms with E-state index in [9.17, 15) is 14.7 Å². The Bertz CT molecular complexity index is 662. The van der Waals surface area contributed by atoms with Gasteiger partial charge in [0.2, 0.25) is 0 Å². The Balaban J connectivity index is 1.76. The molecule has 120 valence electrons. The first-order valence-electron chi connectivity index (χ1n) is 7.39. The number of phenolic OH excluding ortho intramolecular Hbond substituents is 1. The Morgan fingerprint density at radius 1 is 1.00 bits per heavy atom. The summed E-state index contributed by atoms with van der Waals surface area (Å²) in [7, 11) is 0. The summed E-state index contributed by atoms with van der Waals surface area (Å²) in [6, 6.07) is 13.8. The summed E-state index contributed by atoms with van der Waals surface area (Å²) in [6.07, 6.45) is 0.988. The lowest BCUT2D eigenvalue weighted by molar-refractivity contribution is -0.146. The Morgan fingerprint density at radius 3 is 2.22 bits per heavy atom. The molecule has 5 heteroatoms. The molecular formula is C18H19NO4. The van der Waals surface area contributed by atoms with Crippen LogP contribution in [0.25, 0.3) is 0 Å². The second kappa shape index (κ2) is 7.98. The summed E-state index contributed by atoms with van der Waals surface area (Å²) in [5.74, 6) is -0.740. The van der Waals surface area contributed by atoms with E-state index < -0.39 is 5.97 Å². The van der Waals surface area contributed by atoms with Gasteiger partial charge in [-0.25, -0.2) is 0 Å². The molecule has 0 heterocycles. The third-order valence-electron chi connectivity index (χ3n) is 3.29. The van der Waals surface area contributed by atoms with Crippen molar-refractivity contribution in [2.75, 3.05) is 11.9 Å². The van der Waals surface area contributed by atoms with Crippen LogP contribution in [0.4, 0.5) is 5.69 Å². The van der Waals surface area contributed by atoms with Crippen molar-refractivity contribution in [3.63, 3.8) is 0 Å². The molecule has 0 aliphatic heterocycles. The van der Waals surface area contributed by atoms with Crippen LogP contribution in [0.15, 0.2) is 48.5 Å². The predicted octanol–water partition coefficient (Wildman–Crippen LogP) is 2.68. The number of aromatic hydroxyl groups is 1. The third-order valence-corrected chi connectivity index (χ3v) is 3.29. The molecular weight excluding hydrogens is 294 g/mol. The number of aryl methyl sites for hydroxylation is 1. The van der Waals surface area contributed by atoms with Crippen molar-refractivity contribution >= 4 is 17.6 Å². The quantitative estimate of drug-likeness (QED) is 0.804. The van der Waals surface area contributed by atoms with Gasteiger partial charge in [-0.05, 0) is 41.8 Å². The molecule has 2 N–H and O–H groups in total. The number of carbonyl (C=O) groups is 2. The number of amides is 1. The molecule has 0 saturated heterocycles. The monoisotopic (exact) mass is 313 g/mol. The Morgan fingerprint density at radius 2 is 1.61 bits per heavy atom. The van der Waals surface area contributed by atoms with E-state index >= 15 is 0 Å². The SMILES string of the molecule is CCc1ccc(NC(=O)COC(=O)Cc2ccc(O)cc2)cc1. The molecule has 1 amide bonds. The van der Waals surface area contributed by atoms with Crippen molar-refractivity contribution in [3.05, 3.63) is 59.7 Å². The van der Waals surface area contributed by atoms with Gasteiger partial charge in [0.15, 0.2) is 6.61 Å². The molecule has 0 fully saturated rings. The van der Waals surface area contributed by atoms with E-state index in [0.29, 0.717) is 11.3 Å². The molecule has 0 aliphatic rings. The first kappa shape index (κ1) is 16.5. The maximum atomic E-state index is 11.7. The van der Waals surface area contributed by atoms with E-state index in [1.165, 1.54) is 17.7 Å². The first-order chi connectivity index (χ1) is 11.1. The minimum atomic E-state index is -0.493. The minimum Gasteiger partial charge on any atom is -0.508 e. The zero-order valence-corrected chi connectivity index (χ0v) is 12.9. The normalized spacial score (nSPS) is 10.1. The van der Waals surface area contributed by atoms with Crippen molar-refractivity contribution in [1.29, 1.82) is 0 Å². The van der Waals surface area contributed by atoms with Crippen LogP contribution < -0.4 is 5.32 Å². The van der Waals surface area contributed by atoms with Gasteiger partial charge in [-0.2, -0.15) is 0 Å². The van der Waals surface area contributed by atoms with E-state index in [4.69, 9.17) is 4.74 Å². The van der Waals surface area contributed by atoms with Gasteiger partial charge in [0.25, 0.3) is 5.91 Å². The molecule has 23 heavy (non-hydrogen) atoms. The minimum absolute atomic E-state index is 0.0543. The second-order valence-electron chi connectivity index (χ2n) is 5.10. The number of phenols is 1. The van der Waals surface area contributed by atoms with E-state index in [0.717, 1.165) is 6.42 Å². The highest BCUT2D eigenvalue weighted by atomic mass is 16.5. The zero-order valence-electron chi connectivity index (χ0n) is 12.9. The fraction of sp³-hybridized carbons (Fsp3) is 0.222. The number of ether oxygens (including phenoxy) is 1. The summed E-state index contributed by atoms with van der Waals surface area (Å²) < 4.78 is 4.94. The highest BCUT2D eigenvalue weighted by molar-refractivity contribution is 5.92. The summed E-state index contributed by atoms with van der Waals surface area (Å²) >= 11 is 0. The molecule has 0 aromatic heterocycles. The van der Waals surface area contributed by atoms with Gasteiger partial charge < -0.3 is 15.2 Å². The molecule has 2 aromatic carbocycles. The topological polar surface area (TPSA) is 75.6 Å². The van der Waals surface area contributed by atoms with E-state index in [1.54, 1.807) is 12.1 Å². The van der Waals surface area contributed by atoms with Gasteiger partial charge in [-0.1, -0.05) is 31.2 Å². The van der Waals surface area contributed by atoms with Gasteiger partial charge in [0.1, 0.15) is 5.75 Å². The molecule has 5 nitrogen and oxygen atoms in total. The highest BCUT2D eigenvalue weighted by Gasteiger charge is 2.09. The van der Waals surface area contributed by atoms with E-state index in [2.05, 4.69) is 12.2 Å². The number of rotatable bonds is 6. The van der Waals surface area contributed by atoms with Gasteiger partial charge in [0, 0.05) is 5.69 Å². The highest BCUT2D eigenvalue weighted by Crippen LogP contribution is 2.11. The fourth-order valence-electron chi connectivity index (χ4n) is 2.00. The zero-order chi connectivity index (χ0) is 16.7. The smallest absolute Gasteiger partial charge is 0.310 e. The summed E-state index contributed by atoms with van der Waals surface area (Å²) in [5, 5.41) is 11.8. The third kappa shape index (κ3) is 5.47. The fourth-order valence-corrected chi connectivity index (χ4v) is 2.00. The lowest BCUT2D eigenvalue weighted by Gasteiger charge is -2.07. The van der Waals surface area contributed by atoms with Crippen molar-refractivity contribution in [1.82, 2.24) is 0 Å². The molecule has 2 rings (SSSR count). The Labute approximate surface area is 134 Å². The van der Waals surface area contributed by atoms with Crippen molar-refractivity contribution in [2.24, 2.45) is 0 Å². The molecule has 0 aliphatic carbocycles. The standard InChI is InChI=1S/C18H19NO4/c1-2-13-3-7-15(8-4-13)19-17(21)12-23-18(22)11-14-5-9-16(20)10-6-14/h3-10,20H,2,11-12H2,1H3,(H,19,21). The van der Waals surface area contributed by atoms with Crippen LogP contribution in [0.1, 0.15) is 18.1 Å². The average molecular weight is 313 g/mol. The largest absolute Gasteiger partial charge is 0.508 e. The number of benzene rings is 2. The molecule has 0 bridgehead atoms. The maximum absolute atomic E-state index is 11.7. The summed E-state index contributed by atoms with van der Waals surface area (Å²) in [5.41, 5.74) is 2.56. The number of anilines is 1. The lowest BCUT2D eigenvalue weighted by Crippen LogP contribution is -2.21. The number of hydrogen-bond acceptors (Lipinski definition) is 4. The van der Waals surface area contributed by atoms with Gasteiger partial charge in [0.05, 0.1) is 6.42 Å². The summed E-state index contributed by atoms with van der Waals surface area (Å²) in [4.78, 5) is 23.4. The predicted molar refractivity (Wildman–Crippen MR) is 87.2 cm³/mol. The van der Waals surface area contributed by atoms with Crippen LogP contribution in [0.3, 0.4) is 0 Å². The molecule has 2 aromatic rings. The number of nitrogens with one attached hydrogen (secondary N) is 1. The lowest BCUT2D eigenvalue weighted by atomic mass is 10.1. The molecule has 0 atom stereocenters. The number of esters is 1. The van der Waals surface area contributed by atoms with Crippen LogP contribution in [-0.2, 0) is 27.2 Å². The van der Waals surface area contributed by atoms with Crippen LogP contribution in [0.2, 0.25) is 0 Å². The van der Waals surface area contributed by atoms with Gasteiger partial charge >= 0.3 is 5.97 Å². The second-order valence-corrected chi connectivity index (χ2v) is 5.10. The molecule has 0 saturated carbocycles. The van der Waals surface area contributed by atoms with Gasteiger partial charge in [-0.3, -0.25) is 9.59 Å². The summed E-state index contributed by atoms with van der Waals surface area (Å²) in [6.45, 7) is 1.73. The Hall–Kier alpha value is -2.82. The van der Waals surface area contributed by atoms with E-state index in [-0.39, 0.29) is 24.7 Å². The molecule has 0 radical (unpaired) electrons. The average Bonchev–Trinajstić information content (AvgIpc) is 2.56. The molecule has 0 unspecified atom stereocenters. The van der Waals surface area contributed by atoms with Crippen LogP contribution in [0.5, 0.6) is 5.75 Å². The van der Waals surface area contributed by atoms with Crippen LogP contribution in [0, 0.1) is 0 Å². The number of carbonyl (C=O) groups excluding carboxylic acids is 2. The Kier molecular flexibility index (Phi) is 5.74. The van der Waals surface area contributed by atoms with E-state index in [1.807, 2.05) is 24.3 Å². The van der Waals surface area contributed by atoms with Crippen molar-refractivity contribution in [3.8, 4) is 5.75 Å². The van der Waals surface area contributed by atoms with Crippen molar-refractivity contribution < 1.29 is 19.4 Å².